The summed E-state index contributed by atoms with van der Waals surface area (Å²) in [5, 5.41) is 7.53. The third-order valence-electron chi connectivity index (χ3n) is 7.59. The Bertz CT molecular complexity index is 1700. The molecule has 3 aromatic heterocycles. The van der Waals surface area contributed by atoms with Crippen molar-refractivity contribution >= 4 is 45.1 Å². The number of benzene rings is 1. The van der Waals surface area contributed by atoms with Crippen molar-refractivity contribution in [3.8, 4) is 17.6 Å². The van der Waals surface area contributed by atoms with Gasteiger partial charge in [0.25, 0.3) is 0 Å². The van der Waals surface area contributed by atoms with Crippen molar-refractivity contribution in [2.24, 2.45) is 0 Å². The van der Waals surface area contributed by atoms with Crippen LogP contribution < -0.4 is 14.4 Å². The van der Waals surface area contributed by atoms with E-state index >= 15 is 0 Å². The average molecular weight is 629 g/mol. The molecule has 2 fully saturated rings. The minimum atomic E-state index is -1.13. The van der Waals surface area contributed by atoms with Crippen molar-refractivity contribution in [3.05, 3.63) is 48.0 Å². The third kappa shape index (κ3) is 5.97. The molecule has 0 aliphatic carbocycles. The quantitative estimate of drug-likeness (QED) is 0.274. The molecule has 232 valence electrons. The summed E-state index contributed by atoms with van der Waals surface area (Å²) in [5.41, 5.74) is 0.697. The summed E-state index contributed by atoms with van der Waals surface area (Å²) in [6.45, 7) is 7.92. The van der Waals surface area contributed by atoms with Crippen LogP contribution in [0.2, 0.25) is 5.02 Å². The number of nitrogens with one attached hydrogen (secondary N) is 1. The first-order chi connectivity index (χ1) is 21.2. The van der Waals surface area contributed by atoms with Gasteiger partial charge in [0.2, 0.25) is 11.8 Å². The van der Waals surface area contributed by atoms with E-state index in [1.807, 2.05) is 16.8 Å². The maximum Gasteiger partial charge on any atom is 0.319 e. The van der Waals surface area contributed by atoms with Gasteiger partial charge in [0.1, 0.15) is 40.6 Å². The van der Waals surface area contributed by atoms with Gasteiger partial charge in [0.05, 0.1) is 29.1 Å². The minimum Gasteiger partial charge on any atom is -0.456 e. The highest BCUT2D eigenvalue weighted by Crippen LogP contribution is 2.40. The molecule has 1 N–H and O–H groups in total. The first-order valence-electron chi connectivity index (χ1n) is 14.1. The Hall–Kier alpha value is -4.14. The normalized spacial score (nSPS) is 19.9. The number of piperazine rings is 1. The molecule has 44 heavy (non-hydrogen) atoms. The Labute approximate surface area is 256 Å². The molecule has 15 heteroatoms. The lowest BCUT2D eigenvalue weighted by molar-refractivity contribution is -0.126. The Morgan fingerprint density at radius 2 is 2.00 bits per heavy atom. The first kappa shape index (κ1) is 29.9. The summed E-state index contributed by atoms with van der Waals surface area (Å²) in [5.74, 6) is -0.209. The number of anilines is 1. The number of ether oxygens (including phenoxy) is 3. The molecular formula is C29H31ClF2N8O4. The molecule has 0 saturated carbocycles. The maximum absolute atomic E-state index is 14.7. The Balaban J connectivity index is 1.40. The number of halogens is 3. The molecule has 4 aromatic rings. The summed E-state index contributed by atoms with van der Waals surface area (Å²) in [4.78, 5) is 31.8. The first-order valence-corrected chi connectivity index (χ1v) is 14.5. The van der Waals surface area contributed by atoms with Gasteiger partial charge in [-0.05, 0) is 26.1 Å². The molecular weight excluding hydrogens is 598 g/mol. The highest BCUT2D eigenvalue weighted by atomic mass is 35.5. The number of amides is 1. The van der Waals surface area contributed by atoms with Crippen LogP contribution in [0.15, 0.2) is 37.2 Å². The highest BCUT2D eigenvalue weighted by Gasteiger charge is 2.35. The number of nitrogens with zero attached hydrogens (tertiary/aromatic N) is 7. The number of hydrogen-bond acceptors (Lipinski definition) is 10. The number of aromatic amines is 1. The van der Waals surface area contributed by atoms with Gasteiger partial charge in [0.15, 0.2) is 5.75 Å². The second-order valence-electron chi connectivity index (χ2n) is 10.8. The van der Waals surface area contributed by atoms with E-state index < -0.39 is 24.2 Å². The van der Waals surface area contributed by atoms with Crippen molar-refractivity contribution in [1.82, 2.24) is 34.9 Å². The number of carbonyl (C=O) groups excluding carboxylic acids is 1. The van der Waals surface area contributed by atoms with Crippen LogP contribution in [0.3, 0.4) is 0 Å². The molecule has 1 amide bonds. The largest absolute Gasteiger partial charge is 0.456 e. The van der Waals surface area contributed by atoms with E-state index in [2.05, 4.69) is 26.7 Å². The fourth-order valence-electron chi connectivity index (χ4n) is 5.42. The molecule has 6 rings (SSSR count). The predicted octanol–water partition coefficient (Wildman–Crippen LogP) is 3.76. The molecule has 3 atom stereocenters. The van der Waals surface area contributed by atoms with Crippen LogP contribution in [0.5, 0.6) is 17.6 Å². The topological polar surface area (TPSA) is 122 Å². The van der Waals surface area contributed by atoms with Gasteiger partial charge < -0.3 is 24.0 Å². The van der Waals surface area contributed by atoms with Gasteiger partial charge in [-0.25, -0.2) is 13.8 Å². The number of rotatable bonds is 9. The molecule has 5 heterocycles. The number of fused-ring (bicyclic) bond motifs is 2. The molecule has 0 bridgehead atoms. The van der Waals surface area contributed by atoms with Crippen LogP contribution in [0.25, 0.3) is 21.8 Å². The van der Waals surface area contributed by atoms with E-state index in [0.29, 0.717) is 66.9 Å². The van der Waals surface area contributed by atoms with Crippen molar-refractivity contribution in [2.45, 2.75) is 25.3 Å². The van der Waals surface area contributed by atoms with E-state index in [-0.39, 0.29) is 35.2 Å². The zero-order valence-corrected chi connectivity index (χ0v) is 24.9. The number of aromatic nitrogens is 5. The zero-order valence-electron chi connectivity index (χ0n) is 24.2. The molecule has 1 aromatic carbocycles. The van der Waals surface area contributed by atoms with Crippen LogP contribution in [0.4, 0.5) is 14.6 Å². The molecule has 2 aliphatic rings. The fraction of sp³-hybridized carbons (Fsp3) is 0.414. The van der Waals surface area contributed by atoms with Gasteiger partial charge in [-0.3, -0.25) is 14.8 Å². The number of alkyl halides is 1. The monoisotopic (exact) mass is 628 g/mol. The molecule has 2 saturated heterocycles. The lowest BCUT2D eigenvalue weighted by atomic mass is 10.2. The van der Waals surface area contributed by atoms with Crippen LogP contribution in [0, 0.1) is 5.82 Å². The fourth-order valence-corrected chi connectivity index (χ4v) is 5.61. The number of pyridine rings is 1. The van der Waals surface area contributed by atoms with Crippen LogP contribution >= 0.6 is 11.6 Å². The Morgan fingerprint density at radius 1 is 1.23 bits per heavy atom. The summed E-state index contributed by atoms with van der Waals surface area (Å²) < 4.78 is 46.6. The Kier molecular flexibility index (Phi) is 8.47. The van der Waals surface area contributed by atoms with Crippen LogP contribution in [-0.4, -0.2) is 112 Å². The second kappa shape index (κ2) is 12.5. The summed E-state index contributed by atoms with van der Waals surface area (Å²) in [7, 11) is 1.92. The van der Waals surface area contributed by atoms with Crippen LogP contribution in [0.1, 0.15) is 6.92 Å². The smallest absolute Gasteiger partial charge is 0.319 e. The number of likely N-dealkylation sites (N-methyl/N-ethyl adjacent to an activating group) is 1. The van der Waals surface area contributed by atoms with Crippen molar-refractivity contribution in [1.29, 1.82) is 0 Å². The minimum absolute atomic E-state index is 0.0285. The van der Waals surface area contributed by atoms with Gasteiger partial charge in [-0.2, -0.15) is 15.1 Å². The van der Waals surface area contributed by atoms with Crippen LogP contribution in [-0.2, 0) is 9.53 Å². The number of carbonyl (C=O) groups is 1. The van der Waals surface area contributed by atoms with E-state index in [4.69, 9.17) is 30.8 Å². The van der Waals surface area contributed by atoms with Gasteiger partial charge in [-0.1, -0.05) is 18.2 Å². The van der Waals surface area contributed by atoms with E-state index in [0.717, 1.165) is 0 Å². The van der Waals surface area contributed by atoms with Gasteiger partial charge in [0, 0.05) is 51.5 Å². The van der Waals surface area contributed by atoms with Crippen molar-refractivity contribution in [3.63, 3.8) is 0 Å². The SMILES string of the molecule is C=CC(=O)N1CCN(c2nc(OC3CN(C)C[C@H]3OCC(C)F)nc3c(Oc4c(Cl)c(F)cc5[nH]ncc45)nccc23)CC1. The molecule has 0 spiro atoms. The number of H-pyrrole nitrogens is 1. The molecule has 12 nitrogen and oxygen atoms in total. The molecule has 2 aliphatic heterocycles. The zero-order chi connectivity index (χ0) is 31.0. The number of likely N-dealkylation sites (tertiary alicyclic amines) is 1. The highest BCUT2D eigenvalue weighted by molar-refractivity contribution is 6.33. The molecule has 0 radical (unpaired) electrons. The van der Waals surface area contributed by atoms with Crippen molar-refractivity contribution in [2.75, 3.05) is 57.8 Å². The summed E-state index contributed by atoms with van der Waals surface area (Å²) in [6, 6.07) is 3.02. The Morgan fingerprint density at radius 3 is 2.75 bits per heavy atom. The van der Waals surface area contributed by atoms with E-state index in [1.165, 1.54) is 31.5 Å². The third-order valence-corrected chi connectivity index (χ3v) is 7.95. The second-order valence-corrected chi connectivity index (χ2v) is 11.2. The maximum atomic E-state index is 14.7. The molecule has 2 unspecified atom stereocenters. The standard InChI is InChI=1S/C29H31ClF2N8O4/c1-4-23(41)39-7-9-40(10-8-39)27-17-5-6-33-28(44-26-18-12-34-37-20(18)11-19(32)24(26)30)25(17)35-29(36-27)43-22-14-38(3)13-21(22)42-15-16(2)31/h4-6,11-12,16,21-22H,1,7-10,13-15H2,2-3H3,(H,34,37)/t16?,21-,22?/m1/s1. The summed E-state index contributed by atoms with van der Waals surface area (Å²) in [6.07, 6.45) is 2.31. The lowest BCUT2D eigenvalue weighted by Gasteiger charge is -2.35. The van der Waals surface area contributed by atoms with Gasteiger partial charge >= 0.3 is 6.01 Å². The number of hydrogen-bond donors (Lipinski definition) is 1. The summed E-state index contributed by atoms with van der Waals surface area (Å²) >= 11 is 6.34. The van der Waals surface area contributed by atoms with Gasteiger partial charge in [-0.15, -0.1) is 0 Å². The predicted molar refractivity (Wildman–Crippen MR) is 160 cm³/mol. The lowest BCUT2D eigenvalue weighted by Crippen LogP contribution is -2.48. The van der Waals surface area contributed by atoms with E-state index in [9.17, 15) is 13.6 Å². The van der Waals surface area contributed by atoms with E-state index in [1.54, 1.807) is 11.0 Å². The van der Waals surface area contributed by atoms with Crippen molar-refractivity contribution < 1.29 is 27.8 Å². The average Bonchev–Trinajstić information content (AvgIpc) is 3.63.